The topological polar surface area (TPSA) is 149 Å². The molecule has 0 fully saturated rings. The molecule has 3 heterocycles. The molecule has 0 radical (unpaired) electrons. The number of nitrogens with zero attached hydrogens (tertiary/aromatic N) is 7. The molecule has 0 unspecified atom stereocenters. The average Bonchev–Trinajstić information content (AvgIpc) is 3.47. The molecule has 4 N–H and O–H groups in total. The van der Waals surface area contributed by atoms with Crippen molar-refractivity contribution in [3.8, 4) is 0 Å². The number of amides is 1. The van der Waals surface area contributed by atoms with E-state index in [0.29, 0.717) is 16.0 Å². The van der Waals surface area contributed by atoms with Crippen LogP contribution in [0.5, 0.6) is 0 Å². The minimum atomic E-state index is -0.248. The number of pyridine rings is 1. The first kappa shape index (κ1) is 23.7. The van der Waals surface area contributed by atoms with Crippen molar-refractivity contribution >= 4 is 57.6 Å². The molecule has 14 heteroatoms. The number of carbonyl (C=O) groups is 1. The molecule has 0 atom stereocenters. The van der Waals surface area contributed by atoms with Crippen LogP contribution in [-0.2, 0) is 10.5 Å². The van der Waals surface area contributed by atoms with Crippen LogP contribution >= 0.6 is 34.9 Å². The summed E-state index contributed by atoms with van der Waals surface area (Å²) in [4.78, 5) is 16.5. The maximum atomic E-state index is 12.3. The number of hydrogen-bond acceptors (Lipinski definition) is 12. The molecule has 4 aromatic rings. The number of hydrazone groups is 1. The first-order chi connectivity index (χ1) is 16.6. The number of nitrogens with one attached hydrogen (secondary N) is 2. The van der Waals surface area contributed by atoms with Gasteiger partial charge in [0.25, 0.3) is 5.95 Å². The molecule has 0 spiro atoms. The SMILES string of the molecule is C/C(=N\Nc1nnc(SCC(=O)Nc2nnc(SCc3ccccc3)s2)n1N)c1ccccn1. The third-order valence-electron chi connectivity index (χ3n) is 4.21. The highest BCUT2D eigenvalue weighted by atomic mass is 32.2. The number of hydrogen-bond donors (Lipinski definition) is 3. The van der Waals surface area contributed by atoms with Crippen molar-refractivity contribution in [2.75, 3.05) is 22.3 Å². The molecule has 4 rings (SSSR count). The van der Waals surface area contributed by atoms with Crippen LogP contribution in [0, 0.1) is 0 Å². The summed E-state index contributed by atoms with van der Waals surface area (Å²) in [6.07, 6.45) is 1.69. The Kier molecular flexibility index (Phi) is 8.06. The van der Waals surface area contributed by atoms with E-state index in [1.807, 2.05) is 43.3 Å². The second-order valence-electron chi connectivity index (χ2n) is 6.68. The third kappa shape index (κ3) is 6.52. The highest BCUT2D eigenvalue weighted by Gasteiger charge is 2.14. The van der Waals surface area contributed by atoms with Crippen LogP contribution in [0.4, 0.5) is 11.1 Å². The largest absolute Gasteiger partial charge is 0.334 e. The minimum absolute atomic E-state index is 0.0810. The summed E-state index contributed by atoms with van der Waals surface area (Å²) in [6.45, 7) is 1.81. The lowest BCUT2D eigenvalue weighted by molar-refractivity contribution is -0.113. The average molecular weight is 513 g/mol. The second-order valence-corrected chi connectivity index (χ2v) is 9.83. The maximum Gasteiger partial charge on any atom is 0.264 e. The van der Waals surface area contributed by atoms with Crippen LogP contribution in [0.2, 0.25) is 0 Å². The van der Waals surface area contributed by atoms with E-state index in [0.717, 1.165) is 27.5 Å². The predicted molar refractivity (Wildman–Crippen MR) is 136 cm³/mol. The second kappa shape index (κ2) is 11.6. The molecular weight excluding hydrogens is 492 g/mol. The van der Waals surface area contributed by atoms with E-state index in [-0.39, 0.29) is 17.6 Å². The van der Waals surface area contributed by atoms with Gasteiger partial charge in [-0.25, -0.2) is 10.1 Å². The van der Waals surface area contributed by atoms with E-state index in [2.05, 4.69) is 53.4 Å². The van der Waals surface area contributed by atoms with Gasteiger partial charge < -0.3 is 5.84 Å². The molecule has 0 aliphatic heterocycles. The Morgan fingerprint density at radius 2 is 1.91 bits per heavy atom. The van der Waals surface area contributed by atoms with Crippen molar-refractivity contribution < 1.29 is 4.79 Å². The Balaban J connectivity index is 1.25. The smallest absolute Gasteiger partial charge is 0.264 e. The first-order valence-electron chi connectivity index (χ1n) is 9.93. The first-order valence-corrected chi connectivity index (χ1v) is 12.7. The summed E-state index contributed by atoms with van der Waals surface area (Å²) in [6, 6.07) is 15.6. The fourth-order valence-electron chi connectivity index (χ4n) is 2.54. The van der Waals surface area contributed by atoms with Gasteiger partial charge in [0, 0.05) is 11.9 Å². The Labute approximate surface area is 207 Å². The standard InChI is InChI=1S/C20H20N10OS3/c1-13(15-9-5-6-10-22-15)24-25-17-26-28-19(30(17)21)32-12-16(31)23-18-27-29-20(34-18)33-11-14-7-3-2-4-8-14/h2-10H,11-12,21H2,1H3,(H,25,26)(H,23,27,31)/b24-13+. The van der Waals surface area contributed by atoms with Gasteiger partial charge in [-0.15, -0.1) is 20.4 Å². The predicted octanol–water partition coefficient (Wildman–Crippen LogP) is 3.10. The van der Waals surface area contributed by atoms with Gasteiger partial charge >= 0.3 is 0 Å². The zero-order valence-corrected chi connectivity index (χ0v) is 20.4. The van der Waals surface area contributed by atoms with Crippen LogP contribution in [0.1, 0.15) is 18.2 Å². The Morgan fingerprint density at radius 3 is 2.71 bits per heavy atom. The van der Waals surface area contributed by atoms with E-state index in [1.165, 1.54) is 21.6 Å². The number of thioether (sulfide) groups is 2. The van der Waals surface area contributed by atoms with Crippen molar-refractivity contribution in [2.24, 2.45) is 5.10 Å². The highest BCUT2D eigenvalue weighted by Crippen LogP contribution is 2.28. The number of nitrogen functional groups attached to an aromatic ring is 1. The summed E-state index contributed by atoms with van der Waals surface area (Å²) in [5.74, 6) is 6.88. The number of benzene rings is 1. The Hall–Kier alpha value is -3.49. The molecule has 3 aromatic heterocycles. The normalized spacial score (nSPS) is 11.4. The summed E-state index contributed by atoms with van der Waals surface area (Å²) >= 11 is 4.04. The third-order valence-corrected chi connectivity index (χ3v) is 7.20. The van der Waals surface area contributed by atoms with E-state index in [1.54, 1.807) is 18.0 Å². The van der Waals surface area contributed by atoms with E-state index in [4.69, 9.17) is 5.84 Å². The van der Waals surface area contributed by atoms with Gasteiger partial charge in [0.2, 0.25) is 16.2 Å². The van der Waals surface area contributed by atoms with Crippen molar-refractivity contribution in [2.45, 2.75) is 22.2 Å². The summed E-state index contributed by atoms with van der Waals surface area (Å²) in [7, 11) is 0. The molecule has 11 nitrogen and oxygen atoms in total. The lowest BCUT2D eigenvalue weighted by Gasteiger charge is -2.04. The van der Waals surface area contributed by atoms with Gasteiger partial charge in [0.15, 0.2) is 4.34 Å². The van der Waals surface area contributed by atoms with Crippen LogP contribution in [0.25, 0.3) is 0 Å². The van der Waals surface area contributed by atoms with Crippen LogP contribution < -0.4 is 16.6 Å². The van der Waals surface area contributed by atoms with E-state index >= 15 is 0 Å². The fraction of sp³-hybridized carbons (Fsp3) is 0.150. The van der Waals surface area contributed by atoms with E-state index < -0.39 is 0 Å². The van der Waals surface area contributed by atoms with E-state index in [9.17, 15) is 4.79 Å². The van der Waals surface area contributed by atoms with Gasteiger partial charge in [-0.3, -0.25) is 15.1 Å². The number of aromatic nitrogens is 6. The van der Waals surface area contributed by atoms with Crippen molar-refractivity contribution in [3.63, 3.8) is 0 Å². The molecule has 1 aromatic carbocycles. The molecule has 0 saturated heterocycles. The van der Waals surface area contributed by atoms with Crippen LogP contribution in [0.3, 0.4) is 0 Å². The Bertz CT molecular complexity index is 1260. The monoisotopic (exact) mass is 512 g/mol. The molecule has 34 heavy (non-hydrogen) atoms. The lowest BCUT2D eigenvalue weighted by Crippen LogP contribution is -2.17. The molecule has 0 bridgehead atoms. The quantitative estimate of drug-likeness (QED) is 0.0951. The molecule has 0 saturated carbocycles. The highest BCUT2D eigenvalue weighted by molar-refractivity contribution is 8.00. The zero-order chi connectivity index (χ0) is 23.8. The summed E-state index contributed by atoms with van der Waals surface area (Å²) in [5, 5.41) is 23.9. The van der Waals surface area contributed by atoms with Crippen molar-refractivity contribution in [1.82, 2.24) is 30.1 Å². The number of rotatable bonds is 10. The van der Waals surface area contributed by atoms with Gasteiger partial charge in [-0.1, -0.05) is 71.3 Å². The molecule has 1 amide bonds. The maximum absolute atomic E-state index is 12.3. The minimum Gasteiger partial charge on any atom is -0.334 e. The number of anilines is 2. The molecule has 0 aliphatic rings. The summed E-state index contributed by atoms with van der Waals surface area (Å²) < 4.78 is 2.02. The fourth-order valence-corrected chi connectivity index (χ4v) is 4.92. The Morgan fingerprint density at radius 1 is 1.09 bits per heavy atom. The van der Waals surface area contributed by atoms with Crippen LogP contribution in [0.15, 0.2) is 69.3 Å². The summed E-state index contributed by atoms with van der Waals surface area (Å²) in [5.41, 5.74) is 5.35. The molecule has 0 aliphatic carbocycles. The zero-order valence-electron chi connectivity index (χ0n) is 18.0. The van der Waals surface area contributed by atoms with Gasteiger partial charge in [-0.05, 0) is 24.6 Å². The van der Waals surface area contributed by atoms with Gasteiger partial charge in [0.05, 0.1) is 17.2 Å². The van der Waals surface area contributed by atoms with Crippen LogP contribution in [-0.4, -0.2) is 47.4 Å². The number of nitrogens with two attached hydrogens (primary N) is 1. The number of carbonyl (C=O) groups excluding carboxylic acids is 1. The lowest BCUT2D eigenvalue weighted by atomic mass is 10.2. The van der Waals surface area contributed by atoms with Crippen molar-refractivity contribution in [1.29, 1.82) is 0 Å². The molecular formula is C20H20N10OS3. The van der Waals surface area contributed by atoms with Crippen molar-refractivity contribution in [3.05, 3.63) is 66.0 Å². The molecule has 174 valence electrons. The van der Waals surface area contributed by atoms with Gasteiger partial charge in [-0.2, -0.15) is 5.10 Å². The van der Waals surface area contributed by atoms with Gasteiger partial charge in [0.1, 0.15) is 0 Å².